The predicted molar refractivity (Wildman–Crippen MR) is 65.5 cm³/mol. The van der Waals surface area contributed by atoms with E-state index in [2.05, 4.69) is 32.0 Å². The number of hydrogen-bond acceptors (Lipinski definition) is 1. The summed E-state index contributed by atoms with van der Waals surface area (Å²) in [6.45, 7) is 4.73. The van der Waals surface area contributed by atoms with Crippen molar-refractivity contribution in [3.63, 3.8) is 0 Å². The highest BCUT2D eigenvalue weighted by molar-refractivity contribution is 5.35. The molecular weight excluding hydrogens is 196 g/mol. The maximum atomic E-state index is 5.75. The molecule has 2 aromatic rings. The molecule has 2 rings (SSSR count). The van der Waals surface area contributed by atoms with E-state index in [0.717, 1.165) is 11.3 Å². The Bertz CT molecular complexity index is 460. The summed E-state index contributed by atoms with van der Waals surface area (Å²) in [4.78, 5) is 0. The Morgan fingerprint density at radius 3 is 2.69 bits per heavy atom. The Hall–Kier alpha value is -1.76. The molecule has 0 fully saturated rings. The fourth-order valence-corrected chi connectivity index (χ4v) is 1.64. The van der Waals surface area contributed by atoms with Gasteiger partial charge in [0.15, 0.2) is 0 Å². The van der Waals surface area contributed by atoms with E-state index in [4.69, 9.17) is 4.74 Å². The van der Waals surface area contributed by atoms with Gasteiger partial charge in [-0.25, -0.2) is 0 Å². The van der Waals surface area contributed by atoms with E-state index in [1.165, 1.54) is 11.1 Å². The van der Waals surface area contributed by atoms with Crippen molar-refractivity contribution in [2.45, 2.75) is 20.5 Å². The predicted octanol–water partition coefficient (Wildman–Crippen LogP) is 3.68. The zero-order valence-electron chi connectivity index (χ0n) is 9.66. The fourth-order valence-electron chi connectivity index (χ4n) is 1.64. The second-order valence-corrected chi connectivity index (χ2v) is 3.95. The molecule has 0 atom stereocenters. The van der Waals surface area contributed by atoms with E-state index < -0.39 is 0 Å². The lowest BCUT2D eigenvalue weighted by Crippen LogP contribution is -1.97. The molecule has 2 aromatic carbocycles. The van der Waals surface area contributed by atoms with Crippen molar-refractivity contribution in [2.24, 2.45) is 0 Å². The van der Waals surface area contributed by atoms with Crippen molar-refractivity contribution >= 4 is 0 Å². The average Bonchev–Trinajstić information content (AvgIpc) is 2.29. The Labute approximate surface area is 96.7 Å². The molecular formula is C15H15O. The number of ether oxygens (including phenoxy) is 1. The molecule has 0 spiro atoms. The number of hydrogen-bond donors (Lipinski definition) is 0. The lowest BCUT2D eigenvalue weighted by molar-refractivity contribution is 0.304. The second kappa shape index (κ2) is 4.84. The van der Waals surface area contributed by atoms with Gasteiger partial charge in [-0.05, 0) is 37.1 Å². The molecule has 1 heteroatoms. The van der Waals surface area contributed by atoms with Crippen molar-refractivity contribution in [1.29, 1.82) is 0 Å². The van der Waals surface area contributed by atoms with E-state index in [-0.39, 0.29) is 0 Å². The van der Waals surface area contributed by atoms with Gasteiger partial charge in [0.1, 0.15) is 12.4 Å². The quantitative estimate of drug-likeness (QED) is 0.752. The van der Waals surface area contributed by atoms with Gasteiger partial charge >= 0.3 is 0 Å². The van der Waals surface area contributed by atoms with Gasteiger partial charge in [0, 0.05) is 0 Å². The second-order valence-electron chi connectivity index (χ2n) is 3.95. The Morgan fingerprint density at radius 1 is 1.12 bits per heavy atom. The molecule has 0 saturated carbocycles. The van der Waals surface area contributed by atoms with E-state index in [1.807, 2.05) is 30.3 Å². The summed E-state index contributed by atoms with van der Waals surface area (Å²) >= 11 is 0. The zero-order chi connectivity index (χ0) is 11.4. The topological polar surface area (TPSA) is 9.23 Å². The zero-order valence-corrected chi connectivity index (χ0v) is 9.66. The smallest absolute Gasteiger partial charge is 0.122 e. The van der Waals surface area contributed by atoms with Crippen LogP contribution in [0.15, 0.2) is 42.5 Å². The Morgan fingerprint density at radius 2 is 2.00 bits per heavy atom. The minimum absolute atomic E-state index is 0.574. The Kier molecular flexibility index (Phi) is 3.25. The summed E-state index contributed by atoms with van der Waals surface area (Å²) in [5.41, 5.74) is 3.51. The van der Waals surface area contributed by atoms with E-state index in [0.29, 0.717) is 6.61 Å². The van der Waals surface area contributed by atoms with Gasteiger partial charge in [-0.1, -0.05) is 42.0 Å². The van der Waals surface area contributed by atoms with Crippen molar-refractivity contribution < 1.29 is 4.74 Å². The van der Waals surface area contributed by atoms with Crippen LogP contribution in [0.5, 0.6) is 5.75 Å². The first kappa shape index (κ1) is 10.7. The minimum Gasteiger partial charge on any atom is -0.489 e. The number of aryl methyl sites for hydroxylation is 2. The maximum Gasteiger partial charge on any atom is 0.122 e. The van der Waals surface area contributed by atoms with Crippen molar-refractivity contribution in [2.75, 3.05) is 0 Å². The molecule has 16 heavy (non-hydrogen) atoms. The maximum absolute atomic E-state index is 5.75. The summed E-state index contributed by atoms with van der Waals surface area (Å²) < 4.78 is 5.75. The summed E-state index contributed by atoms with van der Waals surface area (Å²) in [5.74, 6) is 0.947. The third-order valence-electron chi connectivity index (χ3n) is 2.49. The lowest BCUT2D eigenvalue weighted by atomic mass is 10.1. The molecule has 81 valence electrons. The largest absolute Gasteiger partial charge is 0.489 e. The third kappa shape index (κ3) is 2.63. The molecule has 1 radical (unpaired) electrons. The summed E-state index contributed by atoms with van der Waals surface area (Å²) in [6.07, 6.45) is 0. The highest BCUT2D eigenvalue weighted by atomic mass is 16.5. The van der Waals surface area contributed by atoms with Gasteiger partial charge < -0.3 is 4.74 Å². The van der Waals surface area contributed by atoms with Gasteiger partial charge in [0.2, 0.25) is 0 Å². The minimum atomic E-state index is 0.574. The number of rotatable bonds is 3. The standard InChI is InChI=1S/C15H15O/c1-12-8-9-15(13(2)10-12)16-11-14-6-4-3-5-7-14/h3-6,8-10H,11H2,1-2H3. The highest BCUT2D eigenvalue weighted by Crippen LogP contribution is 2.19. The lowest BCUT2D eigenvalue weighted by Gasteiger charge is -2.09. The van der Waals surface area contributed by atoms with Gasteiger partial charge in [-0.2, -0.15) is 0 Å². The van der Waals surface area contributed by atoms with Crippen LogP contribution in [-0.4, -0.2) is 0 Å². The molecule has 0 amide bonds. The van der Waals surface area contributed by atoms with Crippen LogP contribution in [0.25, 0.3) is 0 Å². The average molecular weight is 211 g/mol. The molecule has 0 aromatic heterocycles. The summed E-state index contributed by atoms with van der Waals surface area (Å²) in [6, 6.07) is 17.2. The van der Waals surface area contributed by atoms with Crippen molar-refractivity contribution in [3.8, 4) is 5.75 Å². The molecule has 0 unspecified atom stereocenters. The van der Waals surface area contributed by atoms with Gasteiger partial charge in [0.25, 0.3) is 0 Å². The molecule has 0 N–H and O–H groups in total. The molecule has 0 aliphatic heterocycles. The molecule has 1 nitrogen and oxygen atoms in total. The molecule has 0 saturated heterocycles. The molecule has 0 aliphatic carbocycles. The first-order chi connectivity index (χ1) is 7.75. The Balaban J connectivity index is 2.05. The molecule has 0 aliphatic rings. The van der Waals surface area contributed by atoms with Gasteiger partial charge in [0.05, 0.1) is 0 Å². The van der Waals surface area contributed by atoms with Crippen molar-refractivity contribution in [3.05, 3.63) is 65.2 Å². The first-order valence-electron chi connectivity index (χ1n) is 5.41. The molecule has 0 bridgehead atoms. The normalized spacial score (nSPS) is 10.1. The van der Waals surface area contributed by atoms with E-state index >= 15 is 0 Å². The van der Waals surface area contributed by atoms with Crippen LogP contribution in [0.2, 0.25) is 0 Å². The van der Waals surface area contributed by atoms with Crippen LogP contribution >= 0.6 is 0 Å². The van der Waals surface area contributed by atoms with E-state index in [1.54, 1.807) is 0 Å². The van der Waals surface area contributed by atoms with Crippen LogP contribution in [0.3, 0.4) is 0 Å². The fraction of sp³-hybridized carbons (Fsp3) is 0.200. The van der Waals surface area contributed by atoms with Crippen LogP contribution in [0.1, 0.15) is 16.7 Å². The van der Waals surface area contributed by atoms with Crippen LogP contribution < -0.4 is 4.74 Å². The van der Waals surface area contributed by atoms with Crippen molar-refractivity contribution in [1.82, 2.24) is 0 Å². The SMILES string of the molecule is Cc1ccc(OCc2[c]cccc2)c(C)c1. The summed E-state index contributed by atoms with van der Waals surface area (Å²) in [7, 11) is 0. The number of benzene rings is 2. The monoisotopic (exact) mass is 211 g/mol. The van der Waals surface area contributed by atoms with Crippen LogP contribution in [0.4, 0.5) is 0 Å². The van der Waals surface area contributed by atoms with Gasteiger partial charge in [-0.15, -0.1) is 0 Å². The highest BCUT2D eigenvalue weighted by Gasteiger charge is 1.99. The first-order valence-corrected chi connectivity index (χ1v) is 5.41. The third-order valence-corrected chi connectivity index (χ3v) is 2.49. The van der Waals surface area contributed by atoms with E-state index in [9.17, 15) is 0 Å². The summed E-state index contributed by atoms with van der Waals surface area (Å²) in [5, 5.41) is 0. The van der Waals surface area contributed by atoms with Crippen LogP contribution in [0, 0.1) is 19.9 Å². The molecule has 0 heterocycles. The van der Waals surface area contributed by atoms with Gasteiger partial charge in [-0.3, -0.25) is 0 Å². The van der Waals surface area contributed by atoms with Crippen LogP contribution in [-0.2, 0) is 6.61 Å².